The summed E-state index contributed by atoms with van der Waals surface area (Å²) in [6.07, 6.45) is 2.25. The molecule has 0 bridgehead atoms. The topological polar surface area (TPSA) is 198 Å². The van der Waals surface area contributed by atoms with Gasteiger partial charge in [-0.25, -0.2) is 0 Å². The molecule has 1 saturated heterocycles. The van der Waals surface area contributed by atoms with Crippen LogP contribution in [-0.4, -0.2) is 67.3 Å². The number of rotatable bonds is 15. The number of hydrogen-bond acceptors (Lipinski definition) is 6. The van der Waals surface area contributed by atoms with E-state index in [2.05, 4.69) is 20.9 Å². The average molecular weight is 551 g/mol. The molecular formula is C28H38N8O4. The SMILES string of the molecule is NCCCCC(NC(=O)c1ccccc1)C(=O)NC(CCCN=C(N)N)C(=O)NC1CN(c2ccccc2)C1=O. The number of hydrogen-bond donors (Lipinski definition) is 6. The van der Waals surface area contributed by atoms with E-state index in [1.54, 1.807) is 35.2 Å². The Morgan fingerprint density at radius 2 is 1.50 bits per heavy atom. The quantitative estimate of drug-likeness (QED) is 0.0775. The molecule has 3 unspecified atom stereocenters. The largest absolute Gasteiger partial charge is 0.370 e. The van der Waals surface area contributed by atoms with Gasteiger partial charge in [0.15, 0.2) is 5.96 Å². The van der Waals surface area contributed by atoms with Gasteiger partial charge >= 0.3 is 0 Å². The number of β-lactam (4-membered cyclic amide) rings is 1. The normalized spacial score (nSPS) is 15.8. The molecule has 0 radical (unpaired) electrons. The Hall–Kier alpha value is -4.45. The Kier molecular flexibility index (Phi) is 11.5. The molecule has 1 fully saturated rings. The first-order valence-electron chi connectivity index (χ1n) is 13.4. The van der Waals surface area contributed by atoms with Crippen LogP contribution in [0.1, 0.15) is 42.5 Å². The van der Waals surface area contributed by atoms with Gasteiger partial charge in [0.1, 0.15) is 18.1 Å². The van der Waals surface area contributed by atoms with E-state index in [0.29, 0.717) is 44.3 Å². The third-order valence-electron chi connectivity index (χ3n) is 6.50. The van der Waals surface area contributed by atoms with E-state index in [4.69, 9.17) is 17.2 Å². The number of nitrogens with two attached hydrogens (primary N) is 3. The monoisotopic (exact) mass is 550 g/mol. The summed E-state index contributed by atoms with van der Waals surface area (Å²) in [6, 6.07) is 15.2. The summed E-state index contributed by atoms with van der Waals surface area (Å²) in [5, 5.41) is 8.29. The first-order valence-corrected chi connectivity index (χ1v) is 13.4. The first-order chi connectivity index (χ1) is 19.3. The van der Waals surface area contributed by atoms with Crippen LogP contribution in [0.3, 0.4) is 0 Å². The lowest BCUT2D eigenvalue weighted by atomic mass is 10.0. The minimum atomic E-state index is -0.967. The molecule has 1 heterocycles. The molecular weight excluding hydrogens is 512 g/mol. The minimum absolute atomic E-state index is 0.0744. The van der Waals surface area contributed by atoms with Gasteiger partial charge in [0.25, 0.3) is 11.8 Å². The molecule has 0 aliphatic carbocycles. The maximum Gasteiger partial charge on any atom is 0.251 e. The van der Waals surface area contributed by atoms with E-state index in [9.17, 15) is 19.2 Å². The number of para-hydroxylation sites is 1. The fraction of sp³-hybridized carbons (Fsp3) is 0.393. The van der Waals surface area contributed by atoms with Crippen molar-refractivity contribution < 1.29 is 19.2 Å². The number of guanidine groups is 1. The molecule has 2 aromatic rings. The summed E-state index contributed by atoms with van der Waals surface area (Å²) >= 11 is 0. The number of unbranched alkanes of at least 4 members (excludes halogenated alkanes) is 1. The maximum atomic E-state index is 13.4. The van der Waals surface area contributed by atoms with Crippen molar-refractivity contribution in [3.63, 3.8) is 0 Å². The van der Waals surface area contributed by atoms with Crippen molar-refractivity contribution in [2.24, 2.45) is 22.2 Å². The smallest absolute Gasteiger partial charge is 0.251 e. The number of amides is 4. The zero-order chi connectivity index (χ0) is 28.9. The molecule has 40 heavy (non-hydrogen) atoms. The molecule has 2 aromatic carbocycles. The Morgan fingerprint density at radius 3 is 2.12 bits per heavy atom. The second-order valence-corrected chi connectivity index (χ2v) is 9.53. The van der Waals surface area contributed by atoms with Crippen LogP contribution in [0.4, 0.5) is 5.69 Å². The van der Waals surface area contributed by atoms with Gasteiger partial charge in [-0.05, 0) is 62.9 Å². The van der Waals surface area contributed by atoms with Gasteiger partial charge in [-0.1, -0.05) is 36.4 Å². The van der Waals surface area contributed by atoms with Gasteiger partial charge < -0.3 is 38.1 Å². The number of carbonyl (C=O) groups is 4. The second-order valence-electron chi connectivity index (χ2n) is 9.53. The zero-order valence-corrected chi connectivity index (χ0v) is 22.4. The van der Waals surface area contributed by atoms with Crippen molar-refractivity contribution in [1.82, 2.24) is 16.0 Å². The molecule has 12 heteroatoms. The van der Waals surface area contributed by atoms with E-state index in [1.165, 1.54) is 0 Å². The van der Waals surface area contributed by atoms with Gasteiger partial charge in [-0.15, -0.1) is 0 Å². The summed E-state index contributed by atoms with van der Waals surface area (Å²) in [5.41, 5.74) is 17.6. The van der Waals surface area contributed by atoms with Crippen molar-refractivity contribution in [1.29, 1.82) is 0 Å². The second kappa shape index (κ2) is 15.2. The lowest BCUT2D eigenvalue weighted by Crippen LogP contribution is -2.66. The Balaban J connectivity index is 1.67. The van der Waals surface area contributed by atoms with Crippen molar-refractivity contribution >= 4 is 35.3 Å². The molecule has 1 aliphatic heterocycles. The van der Waals surface area contributed by atoms with Crippen molar-refractivity contribution in [2.45, 2.75) is 50.2 Å². The van der Waals surface area contributed by atoms with Crippen LogP contribution in [0.15, 0.2) is 65.7 Å². The number of nitrogens with zero attached hydrogens (tertiary/aromatic N) is 2. The van der Waals surface area contributed by atoms with Crippen LogP contribution in [0.5, 0.6) is 0 Å². The zero-order valence-electron chi connectivity index (χ0n) is 22.4. The highest BCUT2D eigenvalue weighted by Crippen LogP contribution is 2.21. The molecule has 0 spiro atoms. The summed E-state index contributed by atoms with van der Waals surface area (Å²) in [6.45, 7) is 1.03. The van der Waals surface area contributed by atoms with Gasteiger partial charge in [-0.3, -0.25) is 24.2 Å². The Bertz CT molecular complexity index is 1170. The molecule has 3 rings (SSSR count). The Labute approximate surface area is 233 Å². The van der Waals surface area contributed by atoms with Crippen LogP contribution in [0, 0.1) is 0 Å². The lowest BCUT2D eigenvalue weighted by Gasteiger charge is -2.39. The predicted octanol–water partition coefficient (Wildman–Crippen LogP) is -0.0160. The van der Waals surface area contributed by atoms with Gasteiger partial charge in [-0.2, -0.15) is 0 Å². The minimum Gasteiger partial charge on any atom is -0.370 e. The number of benzene rings is 2. The molecule has 214 valence electrons. The maximum absolute atomic E-state index is 13.4. The Morgan fingerprint density at radius 1 is 0.875 bits per heavy atom. The van der Waals surface area contributed by atoms with Crippen LogP contribution in [-0.2, 0) is 14.4 Å². The number of anilines is 1. The highest BCUT2D eigenvalue weighted by atomic mass is 16.2. The predicted molar refractivity (Wildman–Crippen MR) is 153 cm³/mol. The highest BCUT2D eigenvalue weighted by molar-refractivity contribution is 6.06. The van der Waals surface area contributed by atoms with Crippen LogP contribution >= 0.6 is 0 Å². The fourth-order valence-corrected chi connectivity index (χ4v) is 4.28. The number of nitrogens with one attached hydrogen (secondary N) is 3. The summed E-state index contributed by atoms with van der Waals surface area (Å²) in [5.74, 6) is -1.72. The molecule has 9 N–H and O–H groups in total. The van der Waals surface area contributed by atoms with Crippen LogP contribution in [0.2, 0.25) is 0 Å². The van der Waals surface area contributed by atoms with Crippen LogP contribution in [0.25, 0.3) is 0 Å². The molecule has 1 aliphatic rings. The fourth-order valence-electron chi connectivity index (χ4n) is 4.28. The van der Waals surface area contributed by atoms with E-state index in [1.807, 2.05) is 30.3 Å². The van der Waals surface area contributed by atoms with Crippen molar-refractivity contribution in [3.8, 4) is 0 Å². The standard InChI is InChI=1S/C28H38N8O4/c29-16-8-7-14-21(33-24(37)19-10-3-1-4-11-19)25(38)34-22(15-9-17-32-28(30)31)26(39)35-23-18-36(27(23)40)20-12-5-2-6-13-20/h1-6,10-13,21-23H,7-9,14-18,29H2,(H,33,37)(H,34,38)(H,35,39)(H4,30,31,32). The molecule has 0 saturated carbocycles. The van der Waals surface area contributed by atoms with Gasteiger partial charge in [0.2, 0.25) is 11.8 Å². The molecule has 3 atom stereocenters. The first kappa shape index (κ1) is 30.1. The highest BCUT2D eigenvalue weighted by Gasteiger charge is 2.40. The average Bonchev–Trinajstić information content (AvgIpc) is 2.96. The van der Waals surface area contributed by atoms with Crippen molar-refractivity contribution in [3.05, 3.63) is 66.2 Å². The van der Waals surface area contributed by atoms with E-state index in [-0.39, 0.29) is 24.8 Å². The molecule has 4 amide bonds. The number of carbonyl (C=O) groups excluding carboxylic acids is 4. The molecule has 0 aromatic heterocycles. The number of aliphatic imine (C=N–C) groups is 1. The molecule has 12 nitrogen and oxygen atoms in total. The third kappa shape index (κ3) is 8.80. The van der Waals surface area contributed by atoms with Gasteiger partial charge in [0.05, 0.1) is 6.54 Å². The third-order valence-corrected chi connectivity index (χ3v) is 6.50. The van der Waals surface area contributed by atoms with E-state index >= 15 is 0 Å². The summed E-state index contributed by atoms with van der Waals surface area (Å²) in [4.78, 5) is 57.6. The summed E-state index contributed by atoms with van der Waals surface area (Å²) < 4.78 is 0. The van der Waals surface area contributed by atoms with Crippen molar-refractivity contribution in [2.75, 3.05) is 24.5 Å². The summed E-state index contributed by atoms with van der Waals surface area (Å²) in [7, 11) is 0. The van der Waals surface area contributed by atoms with E-state index < -0.39 is 35.8 Å². The lowest BCUT2D eigenvalue weighted by molar-refractivity contribution is -0.133. The van der Waals surface area contributed by atoms with E-state index in [0.717, 1.165) is 5.69 Å². The van der Waals surface area contributed by atoms with Crippen LogP contribution < -0.4 is 38.1 Å². The van der Waals surface area contributed by atoms with Gasteiger partial charge in [0, 0.05) is 17.8 Å².